The summed E-state index contributed by atoms with van der Waals surface area (Å²) in [5.74, 6) is 0.525. The van der Waals surface area contributed by atoms with Crippen LogP contribution in [0, 0.1) is 0 Å². The number of nitrogens with zero attached hydrogens (tertiary/aromatic N) is 3. The molecule has 0 aromatic carbocycles. The van der Waals surface area contributed by atoms with E-state index in [-0.39, 0.29) is 0 Å². The Morgan fingerprint density at radius 1 is 1.27 bits per heavy atom. The third-order valence-electron chi connectivity index (χ3n) is 2.16. The fourth-order valence-corrected chi connectivity index (χ4v) is 1.37. The molecule has 82 valence electrons. The molecule has 0 atom stereocenters. The maximum atomic E-state index is 4.29. The topological polar surface area (TPSA) is 30.7 Å². The van der Waals surface area contributed by atoms with Crippen molar-refractivity contribution < 1.29 is 0 Å². The van der Waals surface area contributed by atoms with Crippen LogP contribution in [0.25, 0.3) is 11.0 Å². The van der Waals surface area contributed by atoms with Gasteiger partial charge in [0.25, 0.3) is 0 Å². The Labute approximate surface area is 91.1 Å². The lowest BCUT2D eigenvalue weighted by Crippen LogP contribution is -1.88. The summed E-state index contributed by atoms with van der Waals surface area (Å²) in [5, 5.41) is 5.34. The first-order valence-corrected chi connectivity index (χ1v) is 5.46. The van der Waals surface area contributed by atoms with Crippen LogP contribution < -0.4 is 0 Å². The van der Waals surface area contributed by atoms with Gasteiger partial charge in [-0.15, -0.1) is 0 Å². The Hall–Kier alpha value is -1.38. The van der Waals surface area contributed by atoms with Crippen molar-refractivity contribution in [3.05, 3.63) is 24.0 Å². The van der Waals surface area contributed by atoms with Crippen molar-refractivity contribution in [3.8, 4) is 0 Å². The lowest BCUT2D eigenvalue weighted by atomic mass is 10.1. The maximum absolute atomic E-state index is 4.29. The van der Waals surface area contributed by atoms with Crippen molar-refractivity contribution >= 4 is 11.0 Å². The molecule has 0 saturated heterocycles. The highest BCUT2D eigenvalue weighted by Gasteiger charge is 2.03. The molecule has 0 radical (unpaired) electrons. The van der Waals surface area contributed by atoms with Crippen molar-refractivity contribution in [2.24, 2.45) is 7.05 Å². The van der Waals surface area contributed by atoms with E-state index in [9.17, 15) is 0 Å². The molecule has 0 saturated carbocycles. The van der Waals surface area contributed by atoms with Gasteiger partial charge in [0.15, 0.2) is 5.65 Å². The van der Waals surface area contributed by atoms with E-state index in [4.69, 9.17) is 0 Å². The first-order chi connectivity index (χ1) is 7.16. The molecule has 0 bridgehead atoms. The molecule has 0 aliphatic carbocycles. The van der Waals surface area contributed by atoms with E-state index in [1.165, 1.54) is 5.56 Å². The molecule has 0 fully saturated rings. The molecule has 0 aliphatic heterocycles. The van der Waals surface area contributed by atoms with Gasteiger partial charge in [-0.05, 0) is 17.5 Å². The highest BCUT2D eigenvalue weighted by atomic mass is 15.3. The van der Waals surface area contributed by atoms with Crippen LogP contribution in [0.3, 0.4) is 0 Å². The molecular formula is C12H19N3. The molecule has 3 heteroatoms. The van der Waals surface area contributed by atoms with E-state index in [0.717, 1.165) is 11.0 Å². The van der Waals surface area contributed by atoms with Gasteiger partial charge in [-0.3, -0.25) is 4.68 Å². The zero-order chi connectivity index (χ0) is 11.4. The van der Waals surface area contributed by atoms with Crippen molar-refractivity contribution in [1.29, 1.82) is 0 Å². The predicted molar refractivity (Wildman–Crippen MR) is 63.9 cm³/mol. The summed E-state index contributed by atoms with van der Waals surface area (Å²) in [6, 6.07) is 2.15. The van der Waals surface area contributed by atoms with E-state index >= 15 is 0 Å². The van der Waals surface area contributed by atoms with Gasteiger partial charge in [-0.2, -0.15) is 5.10 Å². The summed E-state index contributed by atoms with van der Waals surface area (Å²) in [7, 11) is 1.91. The second-order valence-electron chi connectivity index (χ2n) is 3.64. The van der Waals surface area contributed by atoms with Gasteiger partial charge >= 0.3 is 0 Å². The van der Waals surface area contributed by atoms with Crippen LogP contribution in [0.4, 0.5) is 0 Å². The van der Waals surface area contributed by atoms with Crippen LogP contribution in [0.2, 0.25) is 0 Å². The Morgan fingerprint density at radius 2 is 1.93 bits per heavy atom. The van der Waals surface area contributed by atoms with Crippen LogP contribution >= 0.6 is 0 Å². The van der Waals surface area contributed by atoms with E-state index in [1.54, 1.807) is 4.68 Å². The van der Waals surface area contributed by atoms with Crippen LogP contribution in [-0.2, 0) is 7.05 Å². The highest BCUT2D eigenvalue weighted by Crippen LogP contribution is 2.17. The fraction of sp³-hybridized carbons (Fsp3) is 0.500. The Bertz CT molecular complexity index is 429. The summed E-state index contributed by atoms with van der Waals surface area (Å²) in [6.45, 7) is 8.33. The summed E-state index contributed by atoms with van der Waals surface area (Å²) >= 11 is 0. The minimum atomic E-state index is 0.525. The summed E-state index contributed by atoms with van der Waals surface area (Å²) in [4.78, 5) is 4.29. The molecule has 2 aromatic heterocycles. The Balaban J connectivity index is 0.000000531. The predicted octanol–water partition coefficient (Wildman–Crippen LogP) is 3.12. The fourth-order valence-electron chi connectivity index (χ4n) is 1.37. The number of aromatic nitrogens is 3. The molecule has 0 unspecified atom stereocenters. The lowest BCUT2D eigenvalue weighted by molar-refractivity contribution is 0.775. The Morgan fingerprint density at radius 3 is 2.53 bits per heavy atom. The van der Waals surface area contributed by atoms with Crippen molar-refractivity contribution in [2.45, 2.75) is 33.6 Å². The normalized spacial score (nSPS) is 10.3. The largest absolute Gasteiger partial charge is 0.273 e. The number of aryl methyl sites for hydroxylation is 1. The van der Waals surface area contributed by atoms with E-state index in [2.05, 4.69) is 30.0 Å². The molecule has 0 aliphatic rings. The Kier molecular flexibility index (Phi) is 3.83. The van der Waals surface area contributed by atoms with Crippen molar-refractivity contribution in [2.75, 3.05) is 0 Å². The molecule has 2 aromatic rings. The molecule has 0 amide bonds. The minimum Gasteiger partial charge on any atom is -0.273 e. The zero-order valence-corrected chi connectivity index (χ0v) is 10.2. The second kappa shape index (κ2) is 4.91. The molecule has 3 nitrogen and oxygen atoms in total. The maximum Gasteiger partial charge on any atom is 0.181 e. The van der Waals surface area contributed by atoms with Crippen LogP contribution in [0.5, 0.6) is 0 Å². The van der Waals surface area contributed by atoms with Gasteiger partial charge in [-0.25, -0.2) is 4.98 Å². The molecule has 0 N–H and O–H groups in total. The summed E-state index contributed by atoms with van der Waals surface area (Å²) in [6.07, 6.45) is 3.90. The summed E-state index contributed by atoms with van der Waals surface area (Å²) < 4.78 is 1.79. The third kappa shape index (κ3) is 2.55. The van der Waals surface area contributed by atoms with Gasteiger partial charge in [-0.1, -0.05) is 27.7 Å². The van der Waals surface area contributed by atoms with Crippen LogP contribution in [0.15, 0.2) is 18.5 Å². The van der Waals surface area contributed by atoms with Crippen LogP contribution in [-0.4, -0.2) is 14.8 Å². The standard InChI is InChI=1S/C10H13N3.C2H6/c1-7(2)8-4-9-6-13(3)12-10(9)11-5-8;1-2/h4-7H,1-3H3;1-2H3. The second-order valence-corrected chi connectivity index (χ2v) is 3.64. The van der Waals surface area contributed by atoms with Crippen molar-refractivity contribution in [1.82, 2.24) is 14.8 Å². The number of rotatable bonds is 1. The molecule has 15 heavy (non-hydrogen) atoms. The zero-order valence-electron chi connectivity index (χ0n) is 10.2. The smallest absolute Gasteiger partial charge is 0.181 e. The van der Waals surface area contributed by atoms with E-state index in [1.807, 2.05) is 33.3 Å². The SMILES string of the molecule is CC.CC(C)c1cnc2nn(C)cc2c1. The number of hydrogen-bond acceptors (Lipinski definition) is 2. The average molecular weight is 205 g/mol. The van der Waals surface area contributed by atoms with Gasteiger partial charge in [0.1, 0.15) is 0 Å². The minimum absolute atomic E-state index is 0.525. The first-order valence-electron chi connectivity index (χ1n) is 5.46. The number of hydrogen-bond donors (Lipinski definition) is 0. The quantitative estimate of drug-likeness (QED) is 0.716. The average Bonchev–Trinajstić information content (AvgIpc) is 2.59. The lowest BCUT2D eigenvalue weighted by Gasteiger charge is -2.02. The van der Waals surface area contributed by atoms with Gasteiger partial charge in [0.2, 0.25) is 0 Å². The third-order valence-corrected chi connectivity index (χ3v) is 2.16. The first kappa shape index (κ1) is 11.7. The molecule has 0 spiro atoms. The van der Waals surface area contributed by atoms with Crippen LogP contribution in [0.1, 0.15) is 39.2 Å². The molecular weight excluding hydrogens is 186 g/mol. The van der Waals surface area contributed by atoms with Gasteiger partial charge in [0.05, 0.1) is 0 Å². The molecule has 2 rings (SSSR count). The van der Waals surface area contributed by atoms with E-state index < -0.39 is 0 Å². The van der Waals surface area contributed by atoms with Gasteiger partial charge < -0.3 is 0 Å². The van der Waals surface area contributed by atoms with E-state index in [0.29, 0.717) is 5.92 Å². The number of pyridine rings is 1. The van der Waals surface area contributed by atoms with Crippen molar-refractivity contribution in [3.63, 3.8) is 0 Å². The highest BCUT2D eigenvalue weighted by molar-refractivity contribution is 5.74. The monoisotopic (exact) mass is 205 g/mol. The number of fused-ring (bicyclic) bond motifs is 1. The van der Waals surface area contributed by atoms with Gasteiger partial charge in [0, 0.05) is 24.8 Å². The summed E-state index contributed by atoms with van der Waals surface area (Å²) in [5.41, 5.74) is 2.09. The molecule has 2 heterocycles.